The molecule has 1 aromatic rings. The maximum Gasteiger partial charge on any atom is 0.308 e. The van der Waals surface area contributed by atoms with E-state index in [2.05, 4.69) is 6.92 Å². The molecule has 18 heavy (non-hydrogen) atoms. The minimum Gasteiger partial charge on any atom is -0.427 e. The molecule has 0 amide bonds. The number of hydrogen-bond donors (Lipinski definition) is 0. The molecule has 1 radical (unpaired) electrons. The zero-order valence-electron chi connectivity index (χ0n) is 10.2. The van der Waals surface area contributed by atoms with E-state index >= 15 is 0 Å². The summed E-state index contributed by atoms with van der Waals surface area (Å²) >= 11 is 0. The van der Waals surface area contributed by atoms with Crippen LogP contribution < -0.4 is 9.47 Å². The first-order valence-corrected chi connectivity index (χ1v) is 5.33. The highest BCUT2D eigenvalue weighted by Crippen LogP contribution is 2.28. The number of hydrogen-bond acceptors (Lipinski definition) is 4. The van der Waals surface area contributed by atoms with Crippen LogP contribution >= 0.6 is 0 Å². The van der Waals surface area contributed by atoms with Gasteiger partial charge in [-0.3, -0.25) is 14.0 Å². The SMILES string of the molecule is [CH2]C(CF)c1cc(OC(C)=O)cc(OC(C)=O)c1. The van der Waals surface area contributed by atoms with Gasteiger partial charge in [0.1, 0.15) is 11.5 Å². The molecule has 1 atom stereocenters. The van der Waals surface area contributed by atoms with Crippen LogP contribution in [0.3, 0.4) is 0 Å². The van der Waals surface area contributed by atoms with Crippen LogP contribution in [0.25, 0.3) is 0 Å². The van der Waals surface area contributed by atoms with Crippen molar-refractivity contribution in [2.24, 2.45) is 0 Å². The summed E-state index contributed by atoms with van der Waals surface area (Å²) in [7, 11) is 0. The average molecular weight is 253 g/mol. The number of halogens is 1. The van der Waals surface area contributed by atoms with Gasteiger partial charge in [0.15, 0.2) is 0 Å². The smallest absolute Gasteiger partial charge is 0.308 e. The van der Waals surface area contributed by atoms with E-state index in [1.165, 1.54) is 32.0 Å². The Morgan fingerprint density at radius 3 is 1.94 bits per heavy atom. The number of carbonyl (C=O) groups is 2. The van der Waals surface area contributed by atoms with Crippen molar-refractivity contribution in [3.05, 3.63) is 30.7 Å². The zero-order valence-corrected chi connectivity index (χ0v) is 10.2. The zero-order chi connectivity index (χ0) is 13.7. The normalized spacial score (nSPS) is 11.8. The van der Waals surface area contributed by atoms with Crippen LogP contribution in [-0.2, 0) is 9.59 Å². The van der Waals surface area contributed by atoms with Crippen molar-refractivity contribution >= 4 is 11.9 Å². The van der Waals surface area contributed by atoms with Gasteiger partial charge in [0.05, 0.1) is 6.67 Å². The molecule has 0 fully saturated rings. The standard InChI is InChI=1S/C13H14FO4/c1-8(7-14)11-4-12(17-9(2)15)6-13(5-11)18-10(3)16/h4-6,8H,1,7H2,2-3H3. The molecule has 4 nitrogen and oxygen atoms in total. The van der Waals surface area contributed by atoms with Crippen LogP contribution in [0.4, 0.5) is 4.39 Å². The van der Waals surface area contributed by atoms with E-state index in [4.69, 9.17) is 9.47 Å². The largest absolute Gasteiger partial charge is 0.427 e. The molecule has 1 unspecified atom stereocenters. The number of carbonyl (C=O) groups excluding carboxylic acids is 2. The fourth-order valence-corrected chi connectivity index (χ4v) is 1.37. The predicted octanol–water partition coefficient (Wildman–Crippen LogP) is 2.42. The maximum atomic E-state index is 12.6. The fraction of sp³-hybridized carbons (Fsp3) is 0.308. The highest BCUT2D eigenvalue weighted by molar-refractivity contribution is 5.71. The van der Waals surface area contributed by atoms with E-state index in [9.17, 15) is 14.0 Å². The van der Waals surface area contributed by atoms with Gasteiger partial charge in [-0.1, -0.05) is 0 Å². The van der Waals surface area contributed by atoms with Gasteiger partial charge in [-0.2, -0.15) is 0 Å². The first kappa shape index (κ1) is 14.2. The van der Waals surface area contributed by atoms with Gasteiger partial charge in [0.25, 0.3) is 0 Å². The topological polar surface area (TPSA) is 52.6 Å². The molecule has 97 valence electrons. The molecule has 5 heteroatoms. The van der Waals surface area contributed by atoms with Crippen LogP contribution in [0.15, 0.2) is 18.2 Å². The van der Waals surface area contributed by atoms with E-state index in [0.29, 0.717) is 5.56 Å². The second-order valence-electron chi connectivity index (χ2n) is 3.78. The Kier molecular flexibility index (Phi) is 4.83. The molecule has 0 aliphatic heterocycles. The first-order valence-electron chi connectivity index (χ1n) is 5.33. The maximum absolute atomic E-state index is 12.6. The third-order valence-corrected chi connectivity index (χ3v) is 2.08. The molecule has 0 heterocycles. The van der Waals surface area contributed by atoms with Crippen molar-refractivity contribution < 1.29 is 23.5 Å². The number of ether oxygens (including phenoxy) is 2. The molecule has 1 rings (SSSR count). The second kappa shape index (κ2) is 6.14. The lowest BCUT2D eigenvalue weighted by Gasteiger charge is -2.12. The Bertz CT molecular complexity index is 422. The summed E-state index contributed by atoms with van der Waals surface area (Å²) in [5.41, 5.74) is 0.493. The Balaban J connectivity index is 3.10. The van der Waals surface area contributed by atoms with E-state index in [1.807, 2.05) is 0 Å². The Morgan fingerprint density at radius 1 is 1.17 bits per heavy atom. The summed E-state index contributed by atoms with van der Waals surface area (Å²) in [5, 5.41) is 0. The molecule has 0 N–H and O–H groups in total. The molecule has 0 saturated carbocycles. The Hall–Kier alpha value is -1.91. The fourth-order valence-electron chi connectivity index (χ4n) is 1.37. The van der Waals surface area contributed by atoms with Crippen LogP contribution in [0.2, 0.25) is 0 Å². The van der Waals surface area contributed by atoms with Crippen molar-refractivity contribution in [1.29, 1.82) is 0 Å². The number of esters is 2. The van der Waals surface area contributed by atoms with Gasteiger partial charge < -0.3 is 9.47 Å². The lowest BCUT2D eigenvalue weighted by Crippen LogP contribution is -2.06. The number of benzene rings is 1. The third-order valence-electron chi connectivity index (χ3n) is 2.08. The van der Waals surface area contributed by atoms with Crippen molar-refractivity contribution in [3.63, 3.8) is 0 Å². The van der Waals surface area contributed by atoms with Gasteiger partial charge in [-0.25, -0.2) is 0 Å². The van der Waals surface area contributed by atoms with E-state index < -0.39 is 24.5 Å². The van der Waals surface area contributed by atoms with Gasteiger partial charge in [-0.05, 0) is 24.6 Å². The Morgan fingerprint density at radius 2 is 1.61 bits per heavy atom. The minimum absolute atomic E-state index is 0.193. The summed E-state index contributed by atoms with van der Waals surface area (Å²) in [5.74, 6) is -1.25. The van der Waals surface area contributed by atoms with Crippen molar-refractivity contribution in [1.82, 2.24) is 0 Å². The molecule has 0 saturated heterocycles. The van der Waals surface area contributed by atoms with Crippen molar-refractivity contribution in [3.8, 4) is 11.5 Å². The minimum atomic E-state index is -0.664. The molecule has 0 aliphatic carbocycles. The number of rotatable bonds is 4. The van der Waals surface area contributed by atoms with Gasteiger partial charge in [0.2, 0.25) is 0 Å². The summed E-state index contributed by atoms with van der Waals surface area (Å²) < 4.78 is 22.4. The van der Waals surface area contributed by atoms with E-state index in [0.717, 1.165) is 0 Å². The quantitative estimate of drug-likeness (QED) is 0.611. The van der Waals surface area contributed by atoms with E-state index in [-0.39, 0.29) is 11.5 Å². The van der Waals surface area contributed by atoms with Gasteiger partial charge in [0, 0.05) is 25.8 Å². The molecule has 0 bridgehead atoms. The first-order chi connectivity index (χ1) is 8.42. The summed E-state index contributed by atoms with van der Waals surface area (Å²) in [6.45, 7) is 5.44. The number of alkyl halides is 1. The van der Waals surface area contributed by atoms with Crippen molar-refractivity contribution in [2.75, 3.05) is 6.67 Å². The van der Waals surface area contributed by atoms with Gasteiger partial charge in [-0.15, -0.1) is 0 Å². The summed E-state index contributed by atoms with van der Waals surface area (Å²) in [4.78, 5) is 21.8. The predicted molar refractivity (Wildman–Crippen MR) is 63.1 cm³/mol. The summed E-state index contributed by atoms with van der Waals surface area (Å²) in [6, 6.07) is 4.37. The van der Waals surface area contributed by atoms with Crippen LogP contribution in [0.1, 0.15) is 25.3 Å². The highest BCUT2D eigenvalue weighted by Gasteiger charge is 2.11. The van der Waals surface area contributed by atoms with Gasteiger partial charge >= 0.3 is 11.9 Å². The molecule has 0 aliphatic rings. The van der Waals surface area contributed by atoms with Crippen LogP contribution in [0.5, 0.6) is 11.5 Å². The lowest BCUT2D eigenvalue weighted by atomic mass is 10.0. The average Bonchev–Trinajstić information content (AvgIpc) is 2.25. The molecular weight excluding hydrogens is 239 g/mol. The molecule has 0 aromatic heterocycles. The molecule has 0 spiro atoms. The highest BCUT2D eigenvalue weighted by atomic mass is 19.1. The summed E-state index contributed by atoms with van der Waals surface area (Å²) in [6.07, 6.45) is 0. The molecular formula is C13H14FO4. The monoisotopic (exact) mass is 253 g/mol. The lowest BCUT2D eigenvalue weighted by molar-refractivity contribution is -0.132. The third kappa shape index (κ3) is 4.16. The van der Waals surface area contributed by atoms with Crippen LogP contribution in [-0.4, -0.2) is 18.6 Å². The second-order valence-corrected chi connectivity index (χ2v) is 3.78. The van der Waals surface area contributed by atoms with Crippen LogP contribution in [0, 0.1) is 6.92 Å². The van der Waals surface area contributed by atoms with Crippen molar-refractivity contribution in [2.45, 2.75) is 19.8 Å². The van der Waals surface area contributed by atoms with E-state index in [1.54, 1.807) is 0 Å². The Labute approximate surface area is 105 Å². The molecule has 1 aromatic carbocycles.